The highest BCUT2D eigenvalue weighted by Crippen LogP contribution is 2.28. The van der Waals surface area contributed by atoms with E-state index >= 15 is 0 Å². The lowest BCUT2D eigenvalue weighted by molar-refractivity contribution is 0.0998. The van der Waals surface area contributed by atoms with Crippen molar-refractivity contribution in [2.45, 2.75) is 13.8 Å². The molecule has 0 radical (unpaired) electrons. The molecule has 0 bridgehead atoms. The van der Waals surface area contributed by atoms with Gasteiger partial charge >= 0.3 is 0 Å². The molecule has 0 atom stereocenters. The molecule has 1 saturated heterocycles. The quantitative estimate of drug-likeness (QED) is 0.837. The summed E-state index contributed by atoms with van der Waals surface area (Å²) in [5.74, 6) is -0.366. The molecular weight excluding hydrogens is 216 g/mol. The smallest absolute Gasteiger partial charge is 0.250 e. The van der Waals surface area contributed by atoms with Crippen molar-refractivity contribution in [1.82, 2.24) is 0 Å². The molecule has 2 N–H and O–H groups in total. The van der Waals surface area contributed by atoms with E-state index in [0.29, 0.717) is 18.8 Å². The predicted octanol–water partition coefficient (Wildman–Crippen LogP) is 1.24. The van der Waals surface area contributed by atoms with Crippen molar-refractivity contribution >= 4 is 11.6 Å². The average molecular weight is 234 g/mol. The van der Waals surface area contributed by atoms with E-state index in [1.807, 2.05) is 26.0 Å². The maximum atomic E-state index is 11.5. The van der Waals surface area contributed by atoms with Crippen LogP contribution in [0.25, 0.3) is 0 Å². The molecule has 1 aromatic rings. The van der Waals surface area contributed by atoms with E-state index in [0.717, 1.165) is 24.3 Å². The largest absolute Gasteiger partial charge is 0.378 e. The molecule has 2 rings (SSSR count). The first-order valence-corrected chi connectivity index (χ1v) is 5.84. The van der Waals surface area contributed by atoms with Gasteiger partial charge in [-0.3, -0.25) is 4.79 Å². The molecule has 1 amide bonds. The van der Waals surface area contributed by atoms with Gasteiger partial charge in [0.15, 0.2) is 0 Å². The van der Waals surface area contributed by atoms with E-state index in [4.69, 9.17) is 10.5 Å². The third kappa shape index (κ3) is 2.26. The molecule has 1 aromatic carbocycles. The molecule has 1 heterocycles. The Morgan fingerprint density at radius 1 is 1.29 bits per heavy atom. The lowest BCUT2D eigenvalue weighted by Crippen LogP contribution is -2.38. The Kier molecular flexibility index (Phi) is 3.33. The van der Waals surface area contributed by atoms with Crippen LogP contribution in [-0.2, 0) is 4.74 Å². The Hall–Kier alpha value is -1.55. The highest BCUT2D eigenvalue weighted by Gasteiger charge is 2.20. The van der Waals surface area contributed by atoms with Gasteiger partial charge in [-0.25, -0.2) is 0 Å². The van der Waals surface area contributed by atoms with Crippen molar-refractivity contribution in [1.29, 1.82) is 0 Å². The van der Waals surface area contributed by atoms with Gasteiger partial charge in [0.05, 0.1) is 24.5 Å². The van der Waals surface area contributed by atoms with Gasteiger partial charge in [0.2, 0.25) is 0 Å². The van der Waals surface area contributed by atoms with Crippen LogP contribution in [0, 0.1) is 13.8 Å². The normalized spacial score (nSPS) is 16.0. The number of carbonyl (C=O) groups excluding carboxylic acids is 1. The van der Waals surface area contributed by atoms with Gasteiger partial charge in [0, 0.05) is 13.1 Å². The van der Waals surface area contributed by atoms with Crippen molar-refractivity contribution in [3.8, 4) is 0 Å². The van der Waals surface area contributed by atoms with Crippen molar-refractivity contribution in [2.75, 3.05) is 31.2 Å². The van der Waals surface area contributed by atoms with E-state index < -0.39 is 0 Å². The number of amides is 1. The van der Waals surface area contributed by atoms with Gasteiger partial charge in [0.25, 0.3) is 5.91 Å². The molecule has 1 aliphatic heterocycles. The summed E-state index contributed by atoms with van der Waals surface area (Å²) in [5, 5.41) is 0. The zero-order valence-corrected chi connectivity index (χ0v) is 10.3. The molecule has 1 aliphatic rings. The van der Waals surface area contributed by atoms with E-state index in [1.165, 1.54) is 5.56 Å². The second kappa shape index (κ2) is 4.75. The summed E-state index contributed by atoms with van der Waals surface area (Å²) in [5.41, 5.74) is 9.33. The van der Waals surface area contributed by atoms with Gasteiger partial charge in [-0.05, 0) is 31.0 Å². The fourth-order valence-electron chi connectivity index (χ4n) is 2.19. The Bertz CT molecular complexity index is 437. The van der Waals surface area contributed by atoms with E-state index in [9.17, 15) is 4.79 Å². The van der Waals surface area contributed by atoms with E-state index in [1.54, 1.807) is 0 Å². The van der Waals surface area contributed by atoms with E-state index in [2.05, 4.69) is 4.90 Å². The molecule has 0 aliphatic carbocycles. The van der Waals surface area contributed by atoms with Gasteiger partial charge in [0.1, 0.15) is 0 Å². The Morgan fingerprint density at radius 3 is 2.53 bits per heavy atom. The number of anilines is 1. The van der Waals surface area contributed by atoms with Crippen LogP contribution >= 0.6 is 0 Å². The molecule has 0 aromatic heterocycles. The number of hydrogen-bond acceptors (Lipinski definition) is 3. The van der Waals surface area contributed by atoms with Gasteiger partial charge < -0.3 is 15.4 Å². The summed E-state index contributed by atoms with van der Waals surface area (Å²) in [6, 6.07) is 3.76. The number of nitrogens with two attached hydrogens (primary N) is 1. The van der Waals surface area contributed by atoms with Crippen molar-refractivity contribution in [3.05, 3.63) is 28.8 Å². The van der Waals surface area contributed by atoms with E-state index in [-0.39, 0.29) is 5.91 Å². The molecule has 17 heavy (non-hydrogen) atoms. The lowest BCUT2D eigenvalue weighted by atomic mass is 10.0. The third-order valence-corrected chi connectivity index (χ3v) is 3.29. The number of carbonyl (C=O) groups is 1. The van der Waals surface area contributed by atoms with Crippen LogP contribution in [0.2, 0.25) is 0 Å². The minimum atomic E-state index is -0.366. The number of hydrogen-bond donors (Lipinski definition) is 1. The monoisotopic (exact) mass is 234 g/mol. The summed E-state index contributed by atoms with van der Waals surface area (Å²) in [6.45, 7) is 7.10. The first-order valence-electron chi connectivity index (χ1n) is 5.84. The number of primary amides is 1. The SMILES string of the molecule is Cc1ccc(C(N)=O)c(N2CCOCC2)c1C. The van der Waals surface area contributed by atoms with Gasteiger partial charge in [-0.2, -0.15) is 0 Å². The number of ether oxygens (including phenoxy) is 1. The first-order chi connectivity index (χ1) is 8.11. The number of nitrogens with zero attached hydrogens (tertiary/aromatic N) is 1. The molecule has 0 saturated carbocycles. The van der Waals surface area contributed by atoms with Crippen LogP contribution in [0.1, 0.15) is 21.5 Å². The van der Waals surface area contributed by atoms with Crippen LogP contribution in [0.4, 0.5) is 5.69 Å². The van der Waals surface area contributed by atoms with Crippen LogP contribution in [-0.4, -0.2) is 32.2 Å². The molecule has 0 unspecified atom stereocenters. The lowest BCUT2D eigenvalue weighted by Gasteiger charge is -2.32. The van der Waals surface area contributed by atoms with Crippen LogP contribution in [0.5, 0.6) is 0 Å². The van der Waals surface area contributed by atoms with Crippen molar-refractivity contribution < 1.29 is 9.53 Å². The minimum absolute atomic E-state index is 0.366. The maximum Gasteiger partial charge on any atom is 0.250 e. The Morgan fingerprint density at radius 2 is 1.94 bits per heavy atom. The zero-order chi connectivity index (χ0) is 12.4. The van der Waals surface area contributed by atoms with Crippen molar-refractivity contribution in [3.63, 3.8) is 0 Å². The molecule has 1 fully saturated rings. The zero-order valence-electron chi connectivity index (χ0n) is 10.3. The molecular formula is C13H18N2O2. The van der Waals surface area contributed by atoms with Crippen LogP contribution < -0.4 is 10.6 Å². The fourth-order valence-corrected chi connectivity index (χ4v) is 2.19. The molecule has 4 nitrogen and oxygen atoms in total. The number of rotatable bonds is 2. The third-order valence-electron chi connectivity index (χ3n) is 3.29. The van der Waals surface area contributed by atoms with Crippen molar-refractivity contribution in [2.24, 2.45) is 5.73 Å². The topological polar surface area (TPSA) is 55.6 Å². The predicted molar refractivity (Wildman–Crippen MR) is 67.5 cm³/mol. The first kappa shape index (κ1) is 11.9. The Labute approximate surface area is 101 Å². The highest BCUT2D eigenvalue weighted by atomic mass is 16.5. The van der Waals surface area contributed by atoms with Gasteiger partial charge in [-0.1, -0.05) is 6.07 Å². The number of benzene rings is 1. The molecule has 4 heteroatoms. The summed E-state index contributed by atoms with van der Waals surface area (Å²) in [4.78, 5) is 13.7. The summed E-state index contributed by atoms with van der Waals surface area (Å²) in [6.07, 6.45) is 0. The highest BCUT2D eigenvalue weighted by molar-refractivity contribution is 5.99. The summed E-state index contributed by atoms with van der Waals surface area (Å²) < 4.78 is 5.33. The van der Waals surface area contributed by atoms with Crippen LogP contribution in [0.3, 0.4) is 0 Å². The fraction of sp³-hybridized carbons (Fsp3) is 0.462. The summed E-state index contributed by atoms with van der Waals surface area (Å²) in [7, 11) is 0. The Balaban J connectivity index is 2.48. The molecule has 92 valence electrons. The van der Waals surface area contributed by atoms with Crippen LogP contribution in [0.15, 0.2) is 12.1 Å². The minimum Gasteiger partial charge on any atom is -0.378 e. The number of morpholine rings is 1. The summed E-state index contributed by atoms with van der Waals surface area (Å²) >= 11 is 0. The van der Waals surface area contributed by atoms with Gasteiger partial charge in [-0.15, -0.1) is 0 Å². The molecule has 0 spiro atoms. The average Bonchev–Trinajstić information content (AvgIpc) is 2.33. The number of aryl methyl sites for hydroxylation is 1. The maximum absolute atomic E-state index is 11.5. The standard InChI is InChI=1S/C13H18N2O2/c1-9-3-4-11(13(14)16)12(10(9)2)15-5-7-17-8-6-15/h3-4H,5-8H2,1-2H3,(H2,14,16). The second-order valence-corrected chi connectivity index (χ2v) is 4.37. The second-order valence-electron chi connectivity index (χ2n) is 4.37.